The van der Waals surface area contributed by atoms with E-state index in [4.69, 9.17) is 4.74 Å². The highest BCUT2D eigenvalue weighted by atomic mass is 16.5. The maximum atomic E-state index is 10.0. The molecule has 0 aromatic carbocycles. The smallest absolute Gasteiger partial charge is 0.0900 e. The zero-order chi connectivity index (χ0) is 12.2. The molecule has 2 unspecified atom stereocenters. The lowest BCUT2D eigenvalue weighted by atomic mass is 9.96. The van der Waals surface area contributed by atoms with Gasteiger partial charge in [-0.25, -0.2) is 0 Å². The molecule has 2 N–H and O–H groups in total. The summed E-state index contributed by atoms with van der Waals surface area (Å²) in [6.45, 7) is 8.15. The molecule has 1 fully saturated rings. The molecular formula is C12H25NO3. The Hall–Kier alpha value is -0.160. The van der Waals surface area contributed by atoms with Gasteiger partial charge in [0.25, 0.3) is 0 Å². The van der Waals surface area contributed by atoms with Crippen molar-refractivity contribution in [3.63, 3.8) is 0 Å². The van der Waals surface area contributed by atoms with E-state index in [1.807, 2.05) is 20.8 Å². The molecule has 0 amide bonds. The first-order chi connectivity index (χ1) is 7.45. The van der Waals surface area contributed by atoms with Gasteiger partial charge in [0.2, 0.25) is 0 Å². The summed E-state index contributed by atoms with van der Waals surface area (Å²) in [5.41, 5.74) is -0.693. The van der Waals surface area contributed by atoms with Crippen molar-refractivity contribution < 1.29 is 14.9 Å². The Morgan fingerprint density at radius 3 is 2.75 bits per heavy atom. The quantitative estimate of drug-likeness (QED) is 0.703. The topological polar surface area (TPSA) is 52.9 Å². The molecule has 1 heterocycles. The Morgan fingerprint density at radius 1 is 1.50 bits per heavy atom. The molecule has 4 nitrogen and oxygen atoms in total. The van der Waals surface area contributed by atoms with Gasteiger partial charge in [0.1, 0.15) is 0 Å². The van der Waals surface area contributed by atoms with Gasteiger partial charge < -0.3 is 14.9 Å². The van der Waals surface area contributed by atoms with Crippen molar-refractivity contribution in [3.8, 4) is 0 Å². The molecule has 1 aliphatic rings. The van der Waals surface area contributed by atoms with E-state index in [-0.39, 0.29) is 6.04 Å². The van der Waals surface area contributed by atoms with Crippen LogP contribution in [0.2, 0.25) is 0 Å². The fraction of sp³-hybridized carbons (Fsp3) is 1.00. The van der Waals surface area contributed by atoms with Crippen molar-refractivity contribution >= 4 is 0 Å². The average molecular weight is 231 g/mol. The first kappa shape index (κ1) is 13.9. The van der Waals surface area contributed by atoms with Crippen LogP contribution in [0.5, 0.6) is 0 Å². The zero-order valence-corrected chi connectivity index (χ0v) is 10.6. The van der Waals surface area contributed by atoms with Crippen LogP contribution in [0.3, 0.4) is 0 Å². The maximum absolute atomic E-state index is 10.0. The third-order valence-electron chi connectivity index (χ3n) is 3.14. The predicted octanol–water partition coefficient (Wildman–Crippen LogP) is 0.619. The van der Waals surface area contributed by atoms with E-state index < -0.39 is 11.7 Å². The van der Waals surface area contributed by atoms with Crippen LogP contribution in [0.1, 0.15) is 33.6 Å². The van der Waals surface area contributed by atoms with Gasteiger partial charge in [0.15, 0.2) is 0 Å². The van der Waals surface area contributed by atoms with Crippen LogP contribution >= 0.6 is 0 Å². The van der Waals surface area contributed by atoms with Crippen LogP contribution in [-0.4, -0.2) is 59.2 Å². The van der Waals surface area contributed by atoms with Crippen LogP contribution in [0, 0.1) is 0 Å². The van der Waals surface area contributed by atoms with Gasteiger partial charge in [0, 0.05) is 19.2 Å². The second-order valence-electron chi connectivity index (χ2n) is 5.12. The molecule has 1 saturated heterocycles. The van der Waals surface area contributed by atoms with E-state index in [1.54, 1.807) is 0 Å². The number of rotatable bonds is 6. The van der Waals surface area contributed by atoms with Crippen molar-refractivity contribution in [2.45, 2.75) is 51.4 Å². The number of aliphatic hydroxyl groups excluding tert-OH is 1. The van der Waals surface area contributed by atoms with Crippen molar-refractivity contribution in [2.75, 3.05) is 26.3 Å². The second-order valence-corrected chi connectivity index (χ2v) is 5.12. The molecule has 0 radical (unpaired) electrons. The van der Waals surface area contributed by atoms with E-state index >= 15 is 0 Å². The molecule has 0 spiro atoms. The summed E-state index contributed by atoms with van der Waals surface area (Å²) in [6.07, 6.45) is 1.64. The summed E-state index contributed by atoms with van der Waals surface area (Å²) in [4.78, 5) is 2.17. The Bertz CT molecular complexity index is 203. The largest absolute Gasteiger partial charge is 0.389 e. The number of aliphatic hydroxyl groups is 2. The summed E-state index contributed by atoms with van der Waals surface area (Å²) in [6, 6.07) is 0.156. The molecule has 0 aromatic heterocycles. The minimum atomic E-state index is -0.693. The highest BCUT2D eigenvalue weighted by Crippen LogP contribution is 2.26. The SMILES string of the molecule is CCOCC(O)CN1CCCC1C(C)(C)O. The summed E-state index contributed by atoms with van der Waals surface area (Å²) >= 11 is 0. The molecule has 1 rings (SSSR count). The fourth-order valence-corrected chi connectivity index (χ4v) is 2.42. The molecule has 4 heteroatoms. The Kier molecular flexibility index (Phi) is 5.18. The minimum absolute atomic E-state index is 0.156. The Morgan fingerprint density at radius 2 is 2.19 bits per heavy atom. The summed E-state index contributed by atoms with van der Waals surface area (Å²) in [5.74, 6) is 0. The van der Waals surface area contributed by atoms with Crippen molar-refractivity contribution in [1.29, 1.82) is 0 Å². The first-order valence-electron chi connectivity index (χ1n) is 6.17. The van der Waals surface area contributed by atoms with Gasteiger partial charge in [-0.3, -0.25) is 4.90 Å². The number of ether oxygens (including phenoxy) is 1. The molecule has 2 atom stereocenters. The number of hydrogen-bond donors (Lipinski definition) is 2. The molecular weight excluding hydrogens is 206 g/mol. The highest BCUT2D eigenvalue weighted by molar-refractivity contribution is 4.91. The van der Waals surface area contributed by atoms with Crippen LogP contribution < -0.4 is 0 Å². The zero-order valence-electron chi connectivity index (χ0n) is 10.6. The van der Waals surface area contributed by atoms with Crippen LogP contribution in [0.25, 0.3) is 0 Å². The lowest BCUT2D eigenvalue weighted by Gasteiger charge is -2.34. The van der Waals surface area contributed by atoms with Crippen LogP contribution in [-0.2, 0) is 4.74 Å². The molecule has 0 aromatic rings. The first-order valence-corrected chi connectivity index (χ1v) is 6.17. The van der Waals surface area contributed by atoms with Crippen molar-refractivity contribution in [2.24, 2.45) is 0 Å². The predicted molar refractivity (Wildman–Crippen MR) is 63.4 cm³/mol. The fourth-order valence-electron chi connectivity index (χ4n) is 2.42. The standard InChI is InChI=1S/C12H25NO3/c1-4-16-9-10(14)8-13-7-5-6-11(13)12(2,3)15/h10-11,14-15H,4-9H2,1-3H3. The number of likely N-dealkylation sites (tertiary alicyclic amines) is 1. The number of β-amino-alcohol motifs (C(OH)–C–C–N with tert-alkyl or cyclic N) is 1. The van der Waals surface area contributed by atoms with Gasteiger partial charge >= 0.3 is 0 Å². The van der Waals surface area contributed by atoms with E-state index in [1.165, 1.54) is 0 Å². The average Bonchev–Trinajstić information content (AvgIpc) is 2.62. The normalized spacial score (nSPS) is 24.9. The molecule has 0 saturated carbocycles. The Labute approximate surface area is 98.2 Å². The second kappa shape index (κ2) is 5.96. The highest BCUT2D eigenvalue weighted by Gasteiger charge is 2.36. The van der Waals surface area contributed by atoms with Gasteiger partial charge in [-0.2, -0.15) is 0 Å². The summed E-state index contributed by atoms with van der Waals surface area (Å²) in [5, 5.41) is 19.8. The van der Waals surface area contributed by atoms with Gasteiger partial charge in [-0.15, -0.1) is 0 Å². The molecule has 16 heavy (non-hydrogen) atoms. The Balaban J connectivity index is 2.40. The van der Waals surface area contributed by atoms with Crippen LogP contribution in [0.4, 0.5) is 0 Å². The monoisotopic (exact) mass is 231 g/mol. The lowest BCUT2D eigenvalue weighted by molar-refractivity contribution is -0.0299. The van der Waals surface area contributed by atoms with E-state index in [0.717, 1.165) is 19.4 Å². The van der Waals surface area contributed by atoms with E-state index in [9.17, 15) is 10.2 Å². The molecule has 0 bridgehead atoms. The lowest BCUT2D eigenvalue weighted by Crippen LogP contribution is -2.48. The van der Waals surface area contributed by atoms with Gasteiger partial charge in [-0.05, 0) is 40.2 Å². The van der Waals surface area contributed by atoms with Gasteiger partial charge in [0.05, 0.1) is 18.3 Å². The molecule has 0 aliphatic carbocycles. The third-order valence-corrected chi connectivity index (χ3v) is 3.14. The summed E-state index contributed by atoms with van der Waals surface area (Å²) < 4.78 is 5.19. The van der Waals surface area contributed by atoms with Crippen molar-refractivity contribution in [3.05, 3.63) is 0 Å². The maximum Gasteiger partial charge on any atom is 0.0900 e. The third kappa shape index (κ3) is 4.01. The number of nitrogens with zero attached hydrogens (tertiary/aromatic N) is 1. The van der Waals surface area contributed by atoms with Crippen LogP contribution in [0.15, 0.2) is 0 Å². The number of hydrogen-bond acceptors (Lipinski definition) is 4. The molecule has 96 valence electrons. The molecule has 1 aliphatic heterocycles. The minimum Gasteiger partial charge on any atom is -0.389 e. The van der Waals surface area contributed by atoms with E-state index in [2.05, 4.69) is 4.90 Å². The van der Waals surface area contributed by atoms with Gasteiger partial charge in [-0.1, -0.05) is 0 Å². The van der Waals surface area contributed by atoms with Crippen molar-refractivity contribution in [1.82, 2.24) is 4.90 Å². The summed E-state index contributed by atoms with van der Waals surface area (Å²) in [7, 11) is 0. The van der Waals surface area contributed by atoms with E-state index in [0.29, 0.717) is 19.8 Å².